The molecule has 0 bridgehead atoms. The highest BCUT2D eigenvalue weighted by Gasteiger charge is 2.34. The highest BCUT2D eigenvalue weighted by Crippen LogP contribution is 2.15. The molecule has 1 aromatic heterocycles. The maximum Gasteiger partial charge on any atom is 0.246 e. The lowest BCUT2D eigenvalue weighted by atomic mass is 10.0. The Balaban J connectivity index is 2.11. The lowest BCUT2D eigenvalue weighted by Gasteiger charge is -2.33. The molecule has 5 nitrogen and oxygen atoms in total. The van der Waals surface area contributed by atoms with Gasteiger partial charge in [-0.3, -0.25) is 9.59 Å². The van der Waals surface area contributed by atoms with Crippen molar-refractivity contribution in [1.82, 2.24) is 10.2 Å². The van der Waals surface area contributed by atoms with Crippen molar-refractivity contribution in [3.63, 3.8) is 0 Å². The van der Waals surface area contributed by atoms with Crippen LogP contribution in [0.25, 0.3) is 0 Å². The molecule has 2 heterocycles. The highest BCUT2D eigenvalue weighted by atomic mass is 16.3. The van der Waals surface area contributed by atoms with Crippen LogP contribution in [0, 0.1) is 12.8 Å². The second-order valence-corrected chi connectivity index (χ2v) is 5.00. The molecule has 98 valence electrons. The molecule has 1 saturated heterocycles. The first-order valence-corrected chi connectivity index (χ1v) is 6.11. The van der Waals surface area contributed by atoms with Crippen molar-refractivity contribution in [2.45, 2.75) is 33.4 Å². The molecular formula is C13H18N2O3. The molecule has 2 amide bonds. The fraction of sp³-hybridized carbons (Fsp3) is 0.538. The van der Waals surface area contributed by atoms with Gasteiger partial charge in [-0.1, -0.05) is 13.8 Å². The number of aryl methyl sites for hydroxylation is 1. The van der Waals surface area contributed by atoms with Crippen LogP contribution in [0.4, 0.5) is 0 Å². The van der Waals surface area contributed by atoms with E-state index in [9.17, 15) is 9.59 Å². The lowest BCUT2D eigenvalue weighted by molar-refractivity contribution is -0.146. The SMILES string of the molecule is Cc1ccc(CN2CC(=O)NC(C(C)C)C2=O)o1. The van der Waals surface area contributed by atoms with Gasteiger partial charge in [-0.2, -0.15) is 0 Å². The van der Waals surface area contributed by atoms with Gasteiger partial charge in [0.15, 0.2) is 0 Å². The van der Waals surface area contributed by atoms with Crippen LogP contribution >= 0.6 is 0 Å². The Morgan fingerprint density at radius 3 is 2.72 bits per heavy atom. The van der Waals surface area contributed by atoms with E-state index in [1.165, 1.54) is 0 Å². The Labute approximate surface area is 106 Å². The van der Waals surface area contributed by atoms with Crippen LogP contribution in [0.15, 0.2) is 16.5 Å². The van der Waals surface area contributed by atoms with Gasteiger partial charge in [-0.05, 0) is 25.0 Å². The number of furan rings is 1. The van der Waals surface area contributed by atoms with E-state index in [-0.39, 0.29) is 24.3 Å². The first-order chi connectivity index (χ1) is 8.47. The van der Waals surface area contributed by atoms with E-state index in [4.69, 9.17) is 4.42 Å². The summed E-state index contributed by atoms with van der Waals surface area (Å²) < 4.78 is 5.44. The molecule has 1 unspecified atom stereocenters. The number of carbonyl (C=O) groups is 2. The maximum absolute atomic E-state index is 12.2. The molecule has 0 aliphatic carbocycles. The monoisotopic (exact) mass is 250 g/mol. The van der Waals surface area contributed by atoms with Gasteiger partial charge in [0.2, 0.25) is 11.8 Å². The zero-order chi connectivity index (χ0) is 13.3. The molecule has 1 fully saturated rings. The molecule has 1 aromatic rings. The predicted octanol–water partition coefficient (Wildman–Crippen LogP) is 1.07. The minimum Gasteiger partial charge on any atom is -0.464 e. The number of rotatable bonds is 3. The van der Waals surface area contributed by atoms with Crippen LogP contribution < -0.4 is 5.32 Å². The van der Waals surface area contributed by atoms with E-state index in [2.05, 4.69) is 5.32 Å². The van der Waals surface area contributed by atoms with Crippen LogP contribution in [0.5, 0.6) is 0 Å². The number of carbonyl (C=O) groups excluding carboxylic acids is 2. The van der Waals surface area contributed by atoms with Crippen molar-refractivity contribution in [2.24, 2.45) is 5.92 Å². The zero-order valence-corrected chi connectivity index (χ0v) is 10.9. The molecule has 1 aliphatic rings. The van der Waals surface area contributed by atoms with E-state index in [0.29, 0.717) is 12.3 Å². The summed E-state index contributed by atoms with van der Waals surface area (Å²) in [6, 6.07) is 3.26. The number of nitrogens with zero attached hydrogens (tertiary/aromatic N) is 1. The van der Waals surface area contributed by atoms with Gasteiger partial charge in [-0.15, -0.1) is 0 Å². The Morgan fingerprint density at radius 2 is 2.17 bits per heavy atom. The summed E-state index contributed by atoms with van der Waals surface area (Å²) >= 11 is 0. The molecule has 1 atom stereocenters. The van der Waals surface area contributed by atoms with E-state index < -0.39 is 6.04 Å². The molecule has 0 spiro atoms. The Bertz CT molecular complexity index is 465. The zero-order valence-electron chi connectivity index (χ0n) is 10.9. The van der Waals surface area contributed by atoms with Gasteiger partial charge in [0.05, 0.1) is 6.54 Å². The van der Waals surface area contributed by atoms with Gasteiger partial charge in [-0.25, -0.2) is 0 Å². The van der Waals surface area contributed by atoms with Gasteiger partial charge < -0.3 is 14.6 Å². The molecule has 0 radical (unpaired) electrons. The average Bonchev–Trinajstić information content (AvgIpc) is 2.68. The van der Waals surface area contributed by atoms with Crippen molar-refractivity contribution < 1.29 is 14.0 Å². The van der Waals surface area contributed by atoms with Crippen molar-refractivity contribution in [3.8, 4) is 0 Å². The number of hydrogen-bond donors (Lipinski definition) is 1. The minimum atomic E-state index is -0.428. The normalized spacial score (nSPS) is 20.4. The summed E-state index contributed by atoms with van der Waals surface area (Å²) in [7, 11) is 0. The molecule has 0 saturated carbocycles. The summed E-state index contributed by atoms with van der Waals surface area (Å²) in [5.41, 5.74) is 0. The first kappa shape index (κ1) is 12.7. The Hall–Kier alpha value is -1.78. The van der Waals surface area contributed by atoms with Gasteiger partial charge in [0, 0.05) is 0 Å². The van der Waals surface area contributed by atoms with Crippen LogP contribution in [0.1, 0.15) is 25.4 Å². The van der Waals surface area contributed by atoms with E-state index >= 15 is 0 Å². The van der Waals surface area contributed by atoms with E-state index in [1.54, 1.807) is 4.90 Å². The average molecular weight is 250 g/mol. The van der Waals surface area contributed by atoms with Crippen molar-refractivity contribution in [1.29, 1.82) is 0 Å². The predicted molar refractivity (Wildman–Crippen MR) is 65.6 cm³/mol. The number of piperazine rings is 1. The topological polar surface area (TPSA) is 62.6 Å². The third kappa shape index (κ3) is 2.55. The summed E-state index contributed by atoms with van der Waals surface area (Å²) in [5.74, 6) is 1.44. The third-order valence-corrected chi connectivity index (χ3v) is 3.04. The van der Waals surface area contributed by atoms with Crippen LogP contribution in [0.2, 0.25) is 0 Å². The van der Waals surface area contributed by atoms with Crippen molar-refractivity contribution in [2.75, 3.05) is 6.54 Å². The fourth-order valence-corrected chi connectivity index (χ4v) is 2.07. The van der Waals surface area contributed by atoms with Crippen LogP contribution in [-0.2, 0) is 16.1 Å². The first-order valence-electron chi connectivity index (χ1n) is 6.11. The second kappa shape index (κ2) is 4.84. The molecule has 1 N–H and O–H groups in total. The molecule has 18 heavy (non-hydrogen) atoms. The number of nitrogens with one attached hydrogen (secondary N) is 1. The summed E-state index contributed by atoms with van der Waals surface area (Å²) in [4.78, 5) is 25.3. The minimum absolute atomic E-state index is 0.0429. The van der Waals surface area contributed by atoms with Crippen LogP contribution in [0.3, 0.4) is 0 Å². The van der Waals surface area contributed by atoms with Crippen molar-refractivity contribution in [3.05, 3.63) is 23.7 Å². The van der Waals surface area contributed by atoms with Gasteiger partial charge in [0.25, 0.3) is 0 Å². The number of hydrogen-bond acceptors (Lipinski definition) is 3. The fourth-order valence-electron chi connectivity index (χ4n) is 2.07. The summed E-state index contributed by atoms with van der Waals surface area (Å²) in [5, 5.41) is 2.73. The maximum atomic E-state index is 12.2. The standard InChI is InChI=1S/C13H18N2O3/c1-8(2)12-13(17)15(7-11(16)14-12)6-10-5-4-9(3)18-10/h4-5,8,12H,6-7H2,1-3H3,(H,14,16). The van der Waals surface area contributed by atoms with E-state index in [1.807, 2.05) is 32.9 Å². The Morgan fingerprint density at radius 1 is 1.44 bits per heavy atom. The summed E-state index contributed by atoms with van der Waals surface area (Å²) in [6.07, 6.45) is 0. The lowest BCUT2D eigenvalue weighted by Crippen LogP contribution is -2.59. The molecule has 5 heteroatoms. The van der Waals surface area contributed by atoms with Gasteiger partial charge >= 0.3 is 0 Å². The quantitative estimate of drug-likeness (QED) is 0.872. The van der Waals surface area contributed by atoms with Crippen molar-refractivity contribution >= 4 is 11.8 Å². The third-order valence-electron chi connectivity index (χ3n) is 3.04. The number of amides is 2. The molecule has 0 aromatic carbocycles. The Kier molecular flexibility index (Phi) is 3.41. The highest BCUT2D eigenvalue weighted by molar-refractivity contribution is 5.94. The summed E-state index contributed by atoms with van der Waals surface area (Å²) in [6.45, 7) is 6.14. The largest absolute Gasteiger partial charge is 0.464 e. The second-order valence-electron chi connectivity index (χ2n) is 5.00. The smallest absolute Gasteiger partial charge is 0.246 e. The van der Waals surface area contributed by atoms with E-state index in [0.717, 1.165) is 5.76 Å². The molecular weight excluding hydrogens is 232 g/mol. The van der Waals surface area contributed by atoms with Gasteiger partial charge in [0.1, 0.15) is 24.1 Å². The molecule has 2 rings (SSSR count). The molecule has 1 aliphatic heterocycles. The van der Waals surface area contributed by atoms with Crippen LogP contribution in [-0.4, -0.2) is 29.3 Å².